The lowest BCUT2D eigenvalue weighted by Crippen LogP contribution is -2.30. The zero-order chi connectivity index (χ0) is 21.2. The van der Waals surface area contributed by atoms with Crippen LogP contribution in [-0.2, 0) is 28.7 Å². The second-order valence-electron chi connectivity index (χ2n) is 6.11. The van der Waals surface area contributed by atoms with Gasteiger partial charge in [-0.1, -0.05) is 13.8 Å². The molecule has 0 aromatic carbocycles. The second-order valence-corrected chi connectivity index (χ2v) is 6.11. The summed E-state index contributed by atoms with van der Waals surface area (Å²) in [5.41, 5.74) is 0. The molecule has 10 heteroatoms. The van der Waals surface area contributed by atoms with Crippen LogP contribution in [0.2, 0.25) is 0 Å². The maximum absolute atomic E-state index is 11.2. The van der Waals surface area contributed by atoms with E-state index < -0.39 is 0 Å². The first-order chi connectivity index (χ1) is 13.5. The zero-order valence-electron chi connectivity index (χ0n) is 16.8. The van der Waals surface area contributed by atoms with Crippen LogP contribution in [0.25, 0.3) is 0 Å². The van der Waals surface area contributed by atoms with Gasteiger partial charge in [0.15, 0.2) is 0 Å². The van der Waals surface area contributed by atoms with Crippen LogP contribution in [0.1, 0.15) is 33.1 Å². The van der Waals surface area contributed by atoms with Crippen molar-refractivity contribution < 1.29 is 33.8 Å². The van der Waals surface area contributed by atoms with Crippen LogP contribution in [0.3, 0.4) is 0 Å². The number of aliphatic hydroxyl groups is 1. The lowest BCUT2D eigenvalue weighted by molar-refractivity contribution is -0.139. The van der Waals surface area contributed by atoms with Crippen molar-refractivity contribution in [2.24, 2.45) is 5.92 Å². The van der Waals surface area contributed by atoms with Gasteiger partial charge in [0.25, 0.3) is 0 Å². The largest absolute Gasteiger partial charge is 0.396 e. The molecule has 1 aliphatic heterocycles. The van der Waals surface area contributed by atoms with Gasteiger partial charge in [-0.2, -0.15) is 0 Å². The van der Waals surface area contributed by atoms with Crippen molar-refractivity contribution in [1.29, 1.82) is 0 Å². The molecule has 0 radical (unpaired) electrons. The maximum Gasteiger partial charge on any atom is 0.232 e. The molecule has 1 heterocycles. The molecule has 10 nitrogen and oxygen atoms in total. The van der Waals surface area contributed by atoms with E-state index in [1.165, 1.54) is 4.90 Å². The molecule has 4 amide bonds. The Hall–Kier alpha value is -2.04. The van der Waals surface area contributed by atoms with Crippen LogP contribution in [0, 0.1) is 5.92 Å². The first-order valence-electron chi connectivity index (χ1n) is 9.52. The van der Waals surface area contributed by atoms with Gasteiger partial charge in [0.2, 0.25) is 24.1 Å². The number of likely N-dealkylation sites (tertiary alicyclic amines) is 1. The Morgan fingerprint density at radius 3 is 2.36 bits per heavy atom. The van der Waals surface area contributed by atoms with E-state index in [9.17, 15) is 19.2 Å². The Bertz CT molecular complexity index is 474. The van der Waals surface area contributed by atoms with Crippen molar-refractivity contribution in [3.63, 3.8) is 0 Å². The fourth-order valence-electron chi connectivity index (χ4n) is 2.27. The van der Waals surface area contributed by atoms with Gasteiger partial charge in [-0.3, -0.25) is 24.1 Å². The molecule has 0 aromatic heterocycles. The smallest absolute Gasteiger partial charge is 0.232 e. The molecule has 162 valence electrons. The van der Waals surface area contributed by atoms with E-state index in [0.717, 1.165) is 6.42 Å². The van der Waals surface area contributed by atoms with Gasteiger partial charge >= 0.3 is 0 Å². The minimum absolute atomic E-state index is 0.00292. The summed E-state index contributed by atoms with van der Waals surface area (Å²) in [6.07, 6.45) is 1.99. The molecule has 0 spiro atoms. The number of imide groups is 1. The summed E-state index contributed by atoms with van der Waals surface area (Å²) in [7, 11) is 0. The van der Waals surface area contributed by atoms with Crippen LogP contribution in [0.5, 0.6) is 0 Å². The van der Waals surface area contributed by atoms with Gasteiger partial charge < -0.3 is 25.2 Å². The lowest BCUT2D eigenvalue weighted by atomic mass is 10.1. The SMILES string of the molecule is CCCN1C(=O)CC(C)C1=O.O=CNCCOCCOCCNC(=O)CCO. The maximum atomic E-state index is 11.2. The fraction of sp³-hybridized carbons (Fsp3) is 0.778. The Morgan fingerprint density at radius 2 is 1.86 bits per heavy atom. The monoisotopic (exact) mass is 403 g/mol. The number of nitrogens with zero attached hydrogens (tertiary/aromatic N) is 1. The van der Waals surface area contributed by atoms with E-state index in [1.54, 1.807) is 6.92 Å². The molecule has 1 rings (SSSR count). The predicted octanol–water partition coefficient (Wildman–Crippen LogP) is -0.944. The van der Waals surface area contributed by atoms with E-state index >= 15 is 0 Å². The van der Waals surface area contributed by atoms with E-state index in [2.05, 4.69) is 10.6 Å². The number of carbonyl (C=O) groups excluding carboxylic acids is 4. The summed E-state index contributed by atoms with van der Waals surface area (Å²) in [5, 5.41) is 13.5. The highest BCUT2D eigenvalue weighted by atomic mass is 16.5. The number of hydrogen-bond acceptors (Lipinski definition) is 7. The molecule has 1 atom stereocenters. The third kappa shape index (κ3) is 12.4. The van der Waals surface area contributed by atoms with Crippen LogP contribution >= 0.6 is 0 Å². The topological polar surface area (TPSA) is 134 Å². The fourth-order valence-corrected chi connectivity index (χ4v) is 2.27. The van der Waals surface area contributed by atoms with E-state index in [1.807, 2.05) is 6.92 Å². The van der Waals surface area contributed by atoms with Crippen molar-refractivity contribution in [2.75, 3.05) is 52.7 Å². The van der Waals surface area contributed by atoms with Crippen molar-refractivity contribution in [3.8, 4) is 0 Å². The average molecular weight is 403 g/mol. The summed E-state index contributed by atoms with van der Waals surface area (Å²) >= 11 is 0. The van der Waals surface area contributed by atoms with E-state index in [-0.39, 0.29) is 36.7 Å². The van der Waals surface area contributed by atoms with Crippen molar-refractivity contribution in [2.45, 2.75) is 33.1 Å². The van der Waals surface area contributed by atoms with Crippen molar-refractivity contribution in [1.82, 2.24) is 15.5 Å². The third-order valence-corrected chi connectivity index (χ3v) is 3.67. The number of rotatable bonds is 14. The Morgan fingerprint density at radius 1 is 1.21 bits per heavy atom. The van der Waals surface area contributed by atoms with Crippen LogP contribution in [0.15, 0.2) is 0 Å². The van der Waals surface area contributed by atoms with E-state index in [0.29, 0.717) is 58.9 Å². The molecule has 0 saturated carbocycles. The number of hydrogen-bond donors (Lipinski definition) is 3. The summed E-state index contributed by atoms with van der Waals surface area (Å²) in [4.78, 5) is 44.4. The molecule has 1 aliphatic rings. The lowest BCUT2D eigenvalue weighted by Gasteiger charge is -2.11. The van der Waals surface area contributed by atoms with Crippen LogP contribution in [0.4, 0.5) is 0 Å². The van der Waals surface area contributed by atoms with Gasteiger partial charge in [0.05, 0.1) is 33.0 Å². The molecule has 0 aliphatic carbocycles. The predicted molar refractivity (Wildman–Crippen MR) is 101 cm³/mol. The highest BCUT2D eigenvalue weighted by molar-refractivity contribution is 6.03. The summed E-state index contributed by atoms with van der Waals surface area (Å²) in [6.45, 7) is 6.87. The van der Waals surface area contributed by atoms with Crippen molar-refractivity contribution in [3.05, 3.63) is 0 Å². The minimum Gasteiger partial charge on any atom is -0.396 e. The molecule has 1 fully saturated rings. The summed E-state index contributed by atoms with van der Waals surface area (Å²) in [5.74, 6) is -0.289. The normalized spacial score (nSPS) is 15.8. The first kappa shape index (κ1) is 26.0. The first-order valence-corrected chi connectivity index (χ1v) is 9.52. The molecular formula is C18H33N3O7. The second kappa shape index (κ2) is 17.1. The highest BCUT2D eigenvalue weighted by Gasteiger charge is 2.34. The Labute approximate surface area is 165 Å². The summed E-state index contributed by atoms with van der Waals surface area (Å²) in [6, 6.07) is 0. The van der Waals surface area contributed by atoms with E-state index in [4.69, 9.17) is 14.6 Å². The van der Waals surface area contributed by atoms with Crippen LogP contribution < -0.4 is 10.6 Å². The molecule has 28 heavy (non-hydrogen) atoms. The standard InChI is InChI=1S/C10H20N2O5.C8H13NO2/c13-4-1-10(15)12-3-6-17-8-7-16-5-2-11-9-14;1-3-4-9-7(10)5-6(2)8(9)11/h9,13H,1-8H2,(H,11,14)(H,12,15);6H,3-5H2,1-2H3. The zero-order valence-corrected chi connectivity index (χ0v) is 16.8. The number of nitrogens with one attached hydrogen (secondary N) is 2. The minimum atomic E-state index is -0.188. The van der Waals surface area contributed by atoms with Gasteiger partial charge in [-0.05, 0) is 6.42 Å². The average Bonchev–Trinajstić information content (AvgIpc) is 2.90. The number of aliphatic hydroxyl groups excluding tert-OH is 1. The third-order valence-electron chi connectivity index (χ3n) is 3.67. The molecule has 1 unspecified atom stereocenters. The van der Waals surface area contributed by atoms with Crippen molar-refractivity contribution >= 4 is 24.1 Å². The molecule has 3 N–H and O–H groups in total. The molecule has 1 saturated heterocycles. The molecule has 0 bridgehead atoms. The molecular weight excluding hydrogens is 370 g/mol. The Kier molecular flexibility index (Phi) is 15.8. The summed E-state index contributed by atoms with van der Waals surface area (Å²) < 4.78 is 10.3. The number of ether oxygens (including phenoxy) is 2. The van der Waals surface area contributed by atoms with Gasteiger partial charge in [0.1, 0.15) is 0 Å². The number of carbonyl (C=O) groups is 4. The molecule has 0 aromatic rings. The van der Waals surface area contributed by atoms with Gasteiger partial charge in [-0.15, -0.1) is 0 Å². The number of amides is 4. The van der Waals surface area contributed by atoms with Crippen LogP contribution in [-0.4, -0.2) is 86.8 Å². The van der Waals surface area contributed by atoms with Gasteiger partial charge in [0, 0.05) is 38.4 Å². The highest BCUT2D eigenvalue weighted by Crippen LogP contribution is 2.18. The Balaban J connectivity index is 0.000000567. The van der Waals surface area contributed by atoms with Gasteiger partial charge in [-0.25, -0.2) is 0 Å². The quantitative estimate of drug-likeness (QED) is 0.193.